The van der Waals surface area contributed by atoms with Crippen LogP contribution < -0.4 is 9.47 Å². The van der Waals surface area contributed by atoms with E-state index in [9.17, 15) is 9.90 Å². The predicted molar refractivity (Wildman–Crippen MR) is 130 cm³/mol. The first-order valence-corrected chi connectivity index (χ1v) is 11.7. The monoisotopic (exact) mass is 463 g/mol. The van der Waals surface area contributed by atoms with E-state index in [0.29, 0.717) is 24.0 Å². The smallest absolute Gasteiger partial charge is 0.307 e. The average molecular weight is 464 g/mol. The summed E-state index contributed by atoms with van der Waals surface area (Å²) in [5.74, 6) is 0.897. The Labute approximate surface area is 200 Å². The molecule has 1 aliphatic carbocycles. The van der Waals surface area contributed by atoms with Crippen molar-refractivity contribution in [2.24, 2.45) is 11.8 Å². The second kappa shape index (κ2) is 10.3. The summed E-state index contributed by atoms with van der Waals surface area (Å²) in [5.41, 5.74) is 5.20. The maximum atomic E-state index is 11.6. The fraction of sp³-hybridized carbons (Fsp3) is 0.393. The Kier molecular flexibility index (Phi) is 7.27. The first-order chi connectivity index (χ1) is 16.4. The van der Waals surface area contributed by atoms with Gasteiger partial charge in [0.25, 0.3) is 0 Å². The molecule has 0 unspecified atom stereocenters. The number of carboxylic acids is 1. The molecule has 0 saturated heterocycles. The molecule has 34 heavy (non-hydrogen) atoms. The molecule has 1 aliphatic rings. The van der Waals surface area contributed by atoms with E-state index in [2.05, 4.69) is 24.3 Å². The number of hydrogen-bond acceptors (Lipinski definition) is 4. The molecule has 0 amide bonds. The molecule has 0 fully saturated rings. The van der Waals surface area contributed by atoms with Crippen LogP contribution in [0.15, 0.2) is 54.9 Å². The molecular formula is C28H33NO5. The zero-order valence-corrected chi connectivity index (χ0v) is 20.0. The average Bonchev–Trinajstić information content (AvgIpc) is 3.43. The lowest BCUT2D eigenvalue weighted by atomic mass is 9.85. The zero-order chi connectivity index (χ0) is 24.2. The quantitative estimate of drug-likeness (QED) is 0.459. The highest BCUT2D eigenvalue weighted by Gasteiger charge is 2.30. The van der Waals surface area contributed by atoms with Crippen LogP contribution in [0.25, 0.3) is 0 Å². The number of hydrogen-bond donors (Lipinski definition) is 2. The minimum Gasteiger partial charge on any atom is -0.496 e. The van der Waals surface area contributed by atoms with E-state index in [1.54, 1.807) is 14.2 Å². The van der Waals surface area contributed by atoms with Gasteiger partial charge in [-0.05, 0) is 72.6 Å². The van der Waals surface area contributed by atoms with E-state index in [4.69, 9.17) is 14.6 Å². The Hall–Kier alpha value is -3.25. The number of methoxy groups -OCH3 is 2. The van der Waals surface area contributed by atoms with Gasteiger partial charge in [0.2, 0.25) is 0 Å². The van der Waals surface area contributed by atoms with Crippen LogP contribution in [0.5, 0.6) is 11.5 Å². The van der Waals surface area contributed by atoms with Gasteiger partial charge in [-0.15, -0.1) is 0 Å². The summed E-state index contributed by atoms with van der Waals surface area (Å²) in [4.78, 5) is 11.1. The summed E-state index contributed by atoms with van der Waals surface area (Å²) < 4.78 is 13.1. The van der Waals surface area contributed by atoms with Gasteiger partial charge in [0.05, 0.1) is 26.7 Å². The minimum atomic E-state index is -0.850. The molecule has 2 N–H and O–H groups in total. The number of aliphatic carboxylic acids is 1. The number of aliphatic hydroxyl groups excluding tert-OH is 1. The molecule has 6 heteroatoms. The van der Waals surface area contributed by atoms with Crippen LogP contribution >= 0.6 is 0 Å². The van der Waals surface area contributed by atoms with Crippen molar-refractivity contribution in [3.8, 4) is 11.5 Å². The van der Waals surface area contributed by atoms with Gasteiger partial charge in [-0.3, -0.25) is 4.79 Å². The third kappa shape index (κ3) is 5.28. The van der Waals surface area contributed by atoms with Crippen LogP contribution in [0.2, 0.25) is 0 Å². The number of rotatable bonds is 10. The maximum absolute atomic E-state index is 11.6. The molecule has 3 aromatic rings. The van der Waals surface area contributed by atoms with Crippen LogP contribution in [0.4, 0.5) is 0 Å². The lowest BCUT2D eigenvalue weighted by Gasteiger charge is -2.27. The summed E-state index contributed by atoms with van der Waals surface area (Å²) >= 11 is 0. The number of fused-ring (bicyclic) bond motifs is 1. The zero-order valence-electron chi connectivity index (χ0n) is 20.0. The highest BCUT2D eigenvalue weighted by Crippen LogP contribution is 2.39. The predicted octanol–water partition coefficient (Wildman–Crippen LogP) is 4.60. The summed E-state index contributed by atoms with van der Waals surface area (Å²) in [6, 6.07) is 14.2. The topological polar surface area (TPSA) is 80.9 Å². The molecule has 0 spiro atoms. The lowest BCUT2D eigenvalue weighted by Crippen LogP contribution is -2.22. The largest absolute Gasteiger partial charge is 0.496 e. The number of nitrogens with zero attached hydrogens (tertiary/aromatic N) is 1. The molecule has 6 nitrogen and oxygen atoms in total. The molecule has 0 aliphatic heterocycles. The third-order valence-corrected chi connectivity index (χ3v) is 6.95. The van der Waals surface area contributed by atoms with Gasteiger partial charge in [-0.2, -0.15) is 0 Å². The maximum Gasteiger partial charge on any atom is 0.307 e. The van der Waals surface area contributed by atoms with Crippen LogP contribution in [0, 0.1) is 18.8 Å². The molecule has 1 aromatic heterocycles. The van der Waals surface area contributed by atoms with Gasteiger partial charge in [-0.25, -0.2) is 0 Å². The highest BCUT2D eigenvalue weighted by atomic mass is 16.5. The van der Waals surface area contributed by atoms with Crippen LogP contribution in [-0.4, -0.2) is 35.0 Å². The standard InChI is InChI=1S/C28H33NO5/c1-18-25(33-2)14-23(15-26(18)34-3)28(32)24(17-29-9-8-19(16-29)13-27(30)31)12-20-10-21-6-4-5-7-22(21)11-20/h4-9,14-16,20,24,28,32H,10-13,17H2,1-3H3,(H,30,31)/t24-,28+/m0/s1. The van der Waals surface area contributed by atoms with Crippen molar-refractivity contribution in [1.82, 2.24) is 4.57 Å². The number of aliphatic hydroxyl groups is 1. The second-order valence-electron chi connectivity index (χ2n) is 9.32. The molecule has 2 aromatic carbocycles. The van der Waals surface area contributed by atoms with Crippen LogP contribution in [0.1, 0.15) is 40.3 Å². The Bertz CT molecular complexity index is 1100. The van der Waals surface area contributed by atoms with E-state index in [1.165, 1.54) is 11.1 Å². The Balaban J connectivity index is 1.60. The Morgan fingerprint density at radius 1 is 1.09 bits per heavy atom. The molecule has 2 atom stereocenters. The molecule has 1 heterocycles. The van der Waals surface area contributed by atoms with Crippen LogP contribution in [-0.2, 0) is 30.6 Å². The normalized spacial score (nSPS) is 15.1. The van der Waals surface area contributed by atoms with Gasteiger partial charge in [0.15, 0.2) is 0 Å². The number of benzene rings is 2. The Morgan fingerprint density at radius 3 is 2.26 bits per heavy atom. The first kappa shape index (κ1) is 23.9. The van der Waals surface area contributed by atoms with Crippen molar-refractivity contribution in [2.75, 3.05) is 14.2 Å². The second-order valence-corrected chi connectivity index (χ2v) is 9.32. The molecular weight excluding hydrogens is 430 g/mol. The van der Waals surface area contributed by atoms with Gasteiger partial charge < -0.3 is 24.3 Å². The van der Waals surface area contributed by atoms with Gasteiger partial charge in [0.1, 0.15) is 11.5 Å². The van der Waals surface area contributed by atoms with Gasteiger partial charge in [-0.1, -0.05) is 24.3 Å². The molecule has 0 saturated carbocycles. The van der Waals surface area contributed by atoms with E-state index in [0.717, 1.165) is 36.0 Å². The summed E-state index contributed by atoms with van der Waals surface area (Å²) in [5, 5.41) is 20.7. The van der Waals surface area contributed by atoms with Crippen molar-refractivity contribution in [3.05, 3.63) is 82.7 Å². The lowest BCUT2D eigenvalue weighted by molar-refractivity contribution is -0.136. The fourth-order valence-corrected chi connectivity index (χ4v) is 5.25. The van der Waals surface area contributed by atoms with E-state index in [-0.39, 0.29) is 12.3 Å². The number of carbonyl (C=O) groups is 1. The first-order valence-electron chi connectivity index (χ1n) is 11.7. The number of ether oxygens (including phenoxy) is 2. The van der Waals surface area contributed by atoms with Crippen molar-refractivity contribution in [1.29, 1.82) is 0 Å². The Morgan fingerprint density at radius 2 is 1.71 bits per heavy atom. The summed E-state index contributed by atoms with van der Waals surface area (Å²) in [6.07, 6.45) is 5.90. The van der Waals surface area contributed by atoms with E-state index < -0.39 is 12.1 Å². The number of carboxylic acid groups (broad SMARTS) is 1. The summed E-state index contributed by atoms with van der Waals surface area (Å²) in [6.45, 7) is 2.52. The number of aromatic nitrogens is 1. The minimum absolute atomic E-state index is 0.00941. The van der Waals surface area contributed by atoms with Crippen molar-refractivity contribution in [2.45, 2.75) is 45.3 Å². The van der Waals surface area contributed by atoms with Crippen molar-refractivity contribution < 1.29 is 24.5 Å². The summed E-state index contributed by atoms with van der Waals surface area (Å²) in [7, 11) is 3.24. The van der Waals surface area contributed by atoms with Gasteiger partial charge >= 0.3 is 5.97 Å². The molecule has 4 rings (SSSR count). The fourth-order valence-electron chi connectivity index (χ4n) is 5.25. The van der Waals surface area contributed by atoms with Crippen LogP contribution in [0.3, 0.4) is 0 Å². The van der Waals surface area contributed by atoms with Gasteiger partial charge in [0, 0.05) is 30.4 Å². The molecule has 180 valence electrons. The third-order valence-electron chi connectivity index (χ3n) is 6.95. The molecule has 0 bridgehead atoms. The van der Waals surface area contributed by atoms with Crippen molar-refractivity contribution in [3.63, 3.8) is 0 Å². The SMILES string of the molecule is COc1cc([C@@H](O)[C@@H](CC2Cc3ccccc3C2)Cn2ccc(CC(=O)O)c2)cc(OC)c1C. The van der Waals surface area contributed by atoms with Crippen molar-refractivity contribution >= 4 is 5.97 Å². The molecule has 0 radical (unpaired) electrons. The van der Waals surface area contributed by atoms with E-state index in [1.807, 2.05) is 42.1 Å². The highest BCUT2D eigenvalue weighted by molar-refractivity contribution is 5.70. The van der Waals surface area contributed by atoms with E-state index >= 15 is 0 Å².